The number of hydrogen-bond acceptors (Lipinski definition) is 3. The van der Waals surface area contributed by atoms with E-state index in [-0.39, 0.29) is 12.1 Å². The molecule has 5 nitrogen and oxygen atoms in total. The van der Waals surface area contributed by atoms with E-state index in [1.165, 1.54) is 16.7 Å². The summed E-state index contributed by atoms with van der Waals surface area (Å²) in [7, 11) is 0. The lowest BCUT2D eigenvalue weighted by Gasteiger charge is -2.28. The number of pyridine rings is 2. The fourth-order valence-corrected chi connectivity index (χ4v) is 5.27. The van der Waals surface area contributed by atoms with E-state index in [0.717, 1.165) is 35.0 Å². The summed E-state index contributed by atoms with van der Waals surface area (Å²) in [4.78, 5) is 11.6. The van der Waals surface area contributed by atoms with Gasteiger partial charge in [-0.2, -0.15) is 0 Å². The van der Waals surface area contributed by atoms with Crippen molar-refractivity contribution in [1.82, 2.24) is 19.9 Å². The molecule has 0 amide bonds. The lowest BCUT2D eigenvalue weighted by molar-refractivity contribution is 0.565. The summed E-state index contributed by atoms with van der Waals surface area (Å²) in [6.45, 7) is 8.57. The van der Waals surface area contributed by atoms with Gasteiger partial charge in [0.25, 0.3) is 0 Å². The summed E-state index contributed by atoms with van der Waals surface area (Å²) < 4.78 is 2.23. The van der Waals surface area contributed by atoms with E-state index < -0.39 is 0 Å². The molecule has 1 aliphatic heterocycles. The van der Waals surface area contributed by atoms with Crippen LogP contribution in [0.1, 0.15) is 52.8 Å². The van der Waals surface area contributed by atoms with Gasteiger partial charge < -0.3 is 14.8 Å². The van der Waals surface area contributed by atoms with Crippen molar-refractivity contribution in [2.75, 3.05) is 4.90 Å². The Bertz CT molecular complexity index is 1330. The van der Waals surface area contributed by atoms with Crippen LogP contribution < -0.4 is 10.2 Å². The first-order valence-electron chi connectivity index (χ1n) is 11.7. The average Bonchev–Trinajstić information content (AvgIpc) is 3.34. The molecule has 4 heterocycles. The largest absolute Gasteiger partial charge is 0.351 e. The third kappa shape index (κ3) is 3.88. The molecule has 0 spiro atoms. The number of nitrogens with one attached hydrogen (secondary N) is 1. The first kappa shape index (κ1) is 22.3. The van der Waals surface area contributed by atoms with Crippen molar-refractivity contribution < 1.29 is 0 Å². The maximum Gasteiger partial charge on any atom is 0.174 e. The Kier molecular flexibility index (Phi) is 5.92. The number of thiocarbonyl (C=S) groups is 1. The monoisotopic (exact) mass is 467 g/mol. The number of aromatic nitrogens is 3. The molecule has 172 valence electrons. The van der Waals surface area contributed by atoms with E-state index in [1.54, 1.807) is 0 Å². The highest BCUT2D eigenvalue weighted by Gasteiger charge is 2.42. The van der Waals surface area contributed by atoms with Crippen molar-refractivity contribution in [3.05, 3.63) is 107 Å². The van der Waals surface area contributed by atoms with Gasteiger partial charge in [0.05, 0.1) is 17.8 Å². The van der Waals surface area contributed by atoms with Crippen LogP contribution in [0.3, 0.4) is 0 Å². The zero-order chi connectivity index (χ0) is 23.8. The van der Waals surface area contributed by atoms with E-state index in [2.05, 4.69) is 94.9 Å². The minimum absolute atomic E-state index is 0.0420. The van der Waals surface area contributed by atoms with Gasteiger partial charge in [0.15, 0.2) is 5.11 Å². The molecule has 6 heteroatoms. The molecule has 1 N–H and O–H groups in total. The van der Waals surface area contributed by atoms with E-state index in [9.17, 15) is 0 Å². The normalized spacial score (nSPS) is 17.8. The molecule has 1 aliphatic rings. The fourth-order valence-electron chi connectivity index (χ4n) is 4.92. The molecule has 0 saturated carbocycles. The Balaban J connectivity index is 1.67. The second-order valence-corrected chi connectivity index (χ2v) is 9.26. The molecule has 0 bridgehead atoms. The van der Waals surface area contributed by atoms with Gasteiger partial charge in [-0.3, -0.25) is 4.98 Å². The van der Waals surface area contributed by atoms with E-state index in [1.807, 2.05) is 30.6 Å². The van der Waals surface area contributed by atoms with Gasteiger partial charge in [-0.15, -0.1) is 0 Å². The molecule has 0 radical (unpaired) electrons. The zero-order valence-electron chi connectivity index (χ0n) is 20.0. The molecular formula is C28H29N5S. The Morgan fingerprint density at radius 1 is 0.941 bits per heavy atom. The molecule has 1 fully saturated rings. The number of anilines is 1. The lowest BCUT2D eigenvalue weighted by Crippen LogP contribution is -2.29. The van der Waals surface area contributed by atoms with E-state index in [0.29, 0.717) is 5.11 Å². The van der Waals surface area contributed by atoms with Gasteiger partial charge in [-0.05, 0) is 98.6 Å². The predicted octanol–water partition coefficient (Wildman–Crippen LogP) is 5.93. The minimum atomic E-state index is -0.0704. The predicted molar refractivity (Wildman–Crippen MR) is 142 cm³/mol. The number of nitrogens with zero attached hydrogens (tertiary/aromatic N) is 4. The smallest absolute Gasteiger partial charge is 0.174 e. The van der Waals surface area contributed by atoms with Crippen molar-refractivity contribution in [2.45, 2.75) is 46.2 Å². The molecule has 0 unspecified atom stereocenters. The Morgan fingerprint density at radius 2 is 1.74 bits per heavy atom. The summed E-state index contributed by atoms with van der Waals surface area (Å²) in [5, 5.41) is 4.28. The van der Waals surface area contributed by atoms with Crippen molar-refractivity contribution >= 4 is 23.0 Å². The highest BCUT2D eigenvalue weighted by molar-refractivity contribution is 7.80. The van der Waals surface area contributed by atoms with Crippen LogP contribution in [0.2, 0.25) is 0 Å². The van der Waals surface area contributed by atoms with Gasteiger partial charge in [-0.25, -0.2) is 4.98 Å². The van der Waals surface area contributed by atoms with Gasteiger partial charge in [-0.1, -0.05) is 25.1 Å². The number of benzene rings is 1. The van der Waals surface area contributed by atoms with Crippen LogP contribution in [0.4, 0.5) is 5.69 Å². The van der Waals surface area contributed by atoms with Gasteiger partial charge in [0.1, 0.15) is 5.82 Å². The van der Waals surface area contributed by atoms with Crippen LogP contribution in [0.5, 0.6) is 0 Å². The second-order valence-electron chi connectivity index (χ2n) is 8.87. The summed E-state index contributed by atoms with van der Waals surface area (Å²) in [6, 6.07) is 21.1. The fraction of sp³-hybridized carbons (Fsp3) is 0.250. The summed E-state index contributed by atoms with van der Waals surface area (Å²) in [5.74, 6) is 0.933. The van der Waals surface area contributed by atoms with Crippen LogP contribution in [0.15, 0.2) is 73.1 Å². The third-order valence-electron chi connectivity index (χ3n) is 6.64. The van der Waals surface area contributed by atoms with E-state index in [4.69, 9.17) is 12.2 Å². The molecular weight excluding hydrogens is 438 g/mol. The Labute approximate surface area is 206 Å². The van der Waals surface area contributed by atoms with Crippen LogP contribution in [-0.4, -0.2) is 19.6 Å². The standard InChI is InChI=1S/C28H29N5S/c1-5-21-9-11-22(12-10-21)33-27(26(31-28(33)34)24-8-6-7-14-29-24)23-17-19(3)32(20(23)4)25-16-18(2)13-15-30-25/h6-17,26-27H,5H2,1-4H3,(H,31,34)/t26-,27+/m1/s1. The van der Waals surface area contributed by atoms with Crippen LogP contribution >= 0.6 is 12.2 Å². The molecule has 4 aromatic rings. The third-order valence-corrected chi connectivity index (χ3v) is 6.95. The molecule has 34 heavy (non-hydrogen) atoms. The summed E-state index contributed by atoms with van der Waals surface area (Å²) in [6.07, 6.45) is 4.72. The second kappa shape index (κ2) is 9.03. The number of rotatable bonds is 5. The lowest BCUT2D eigenvalue weighted by atomic mass is 9.96. The van der Waals surface area contributed by atoms with E-state index >= 15 is 0 Å². The van der Waals surface area contributed by atoms with Crippen molar-refractivity contribution in [3.8, 4) is 5.82 Å². The van der Waals surface area contributed by atoms with Crippen molar-refractivity contribution in [2.24, 2.45) is 0 Å². The Hall–Kier alpha value is -3.51. The number of aryl methyl sites for hydroxylation is 3. The van der Waals surface area contributed by atoms with Gasteiger partial charge in [0, 0.05) is 29.5 Å². The topological polar surface area (TPSA) is 46.0 Å². The first-order valence-corrected chi connectivity index (χ1v) is 12.1. The highest BCUT2D eigenvalue weighted by atomic mass is 32.1. The Morgan fingerprint density at radius 3 is 2.41 bits per heavy atom. The zero-order valence-corrected chi connectivity index (χ0v) is 20.8. The molecule has 0 aliphatic carbocycles. The van der Waals surface area contributed by atoms with Crippen molar-refractivity contribution in [3.63, 3.8) is 0 Å². The highest BCUT2D eigenvalue weighted by Crippen LogP contribution is 2.43. The molecule has 1 aromatic carbocycles. The summed E-state index contributed by atoms with van der Waals surface area (Å²) >= 11 is 5.90. The quantitative estimate of drug-likeness (QED) is 0.369. The van der Waals surface area contributed by atoms with Crippen LogP contribution in [0, 0.1) is 20.8 Å². The SMILES string of the molecule is CCc1ccc(N2C(=S)N[C@H](c3ccccn3)[C@@H]2c2cc(C)n(-c3cc(C)ccn3)c2C)cc1. The molecule has 1 saturated heterocycles. The average molecular weight is 468 g/mol. The first-order chi connectivity index (χ1) is 16.5. The van der Waals surface area contributed by atoms with Crippen LogP contribution in [-0.2, 0) is 6.42 Å². The van der Waals surface area contributed by atoms with Gasteiger partial charge >= 0.3 is 0 Å². The molecule has 3 aromatic heterocycles. The van der Waals surface area contributed by atoms with Crippen molar-refractivity contribution in [1.29, 1.82) is 0 Å². The minimum Gasteiger partial charge on any atom is -0.351 e. The number of hydrogen-bond donors (Lipinski definition) is 1. The maximum atomic E-state index is 5.90. The molecule has 5 rings (SSSR count). The molecule has 2 atom stereocenters. The van der Waals surface area contributed by atoms with Gasteiger partial charge in [0.2, 0.25) is 0 Å². The summed E-state index contributed by atoms with van der Waals surface area (Å²) in [5.41, 5.74) is 8.06. The van der Waals surface area contributed by atoms with Crippen LogP contribution in [0.25, 0.3) is 5.82 Å². The maximum absolute atomic E-state index is 5.90.